The Balaban J connectivity index is 1.44. The molecule has 0 amide bonds. The highest BCUT2D eigenvalue weighted by Crippen LogP contribution is 2.30. The highest BCUT2D eigenvalue weighted by atomic mass is 19.4. The summed E-state index contributed by atoms with van der Waals surface area (Å²) in [5, 5.41) is 6.50. The van der Waals surface area contributed by atoms with Crippen LogP contribution in [0.4, 0.5) is 29.3 Å². The summed E-state index contributed by atoms with van der Waals surface area (Å²) in [4.78, 5) is 10.7. The maximum absolute atomic E-state index is 13.8. The van der Waals surface area contributed by atoms with Gasteiger partial charge in [-0.3, -0.25) is 0 Å². The minimum atomic E-state index is -4.47. The largest absolute Gasteiger partial charge is 0.416 e. The van der Waals surface area contributed by atoms with Crippen LogP contribution in [0.15, 0.2) is 30.5 Å². The van der Waals surface area contributed by atoms with Crippen molar-refractivity contribution >= 4 is 11.8 Å². The molecule has 3 rings (SSSR count). The van der Waals surface area contributed by atoms with Crippen LogP contribution in [-0.4, -0.2) is 36.6 Å². The Morgan fingerprint density at radius 1 is 1.10 bits per heavy atom. The lowest BCUT2D eigenvalue weighted by Gasteiger charge is -2.29. The Hall–Kier alpha value is -2.42. The smallest absolute Gasteiger partial charge is 0.363 e. The molecule has 1 fully saturated rings. The van der Waals surface area contributed by atoms with Gasteiger partial charge in [-0.25, -0.2) is 9.37 Å². The van der Waals surface area contributed by atoms with Crippen LogP contribution in [0.1, 0.15) is 36.8 Å². The lowest BCUT2D eigenvalue weighted by molar-refractivity contribution is -0.137. The molecule has 30 heavy (non-hydrogen) atoms. The minimum Gasteiger partial charge on any atom is -0.363 e. The summed E-state index contributed by atoms with van der Waals surface area (Å²) < 4.78 is 52.3. The zero-order chi connectivity index (χ0) is 21.7. The van der Waals surface area contributed by atoms with Crippen LogP contribution >= 0.6 is 0 Å². The highest BCUT2D eigenvalue weighted by Gasteiger charge is 2.31. The second kappa shape index (κ2) is 9.59. The summed E-state index contributed by atoms with van der Waals surface area (Å²) in [6, 6.07) is 4.67. The second-order valence-corrected chi connectivity index (χ2v) is 7.93. The van der Waals surface area contributed by atoms with Crippen LogP contribution in [0.25, 0.3) is 0 Å². The quantitative estimate of drug-likeness (QED) is 0.642. The normalized spacial score (nSPS) is 19.5. The summed E-state index contributed by atoms with van der Waals surface area (Å²) >= 11 is 0. The third-order valence-corrected chi connectivity index (χ3v) is 5.40. The zero-order valence-electron chi connectivity index (χ0n) is 17.1. The van der Waals surface area contributed by atoms with Gasteiger partial charge >= 0.3 is 6.18 Å². The number of nitrogens with one attached hydrogen (secondary N) is 2. The lowest BCUT2D eigenvalue weighted by Crippen LogP contribution is -2.31. The van der Waals surface area contributed by atoms with Crippen molar-refractivity contribution in [1.29, 1.82) is 0 Å². The van der Waals surface area contributed by atoms with Crippen molar-refractivity contribution in [2.75, 3.05) is 30.9 Å². The van der Waals surface area contributed by atoms with Crippen molar-refractivity contribution in [3.05, 3.63) is 47.4 Å². The Morgan fingerprint density at radius 2 is 1.83 bits per heavy atom. The molecule has 0 bridgehead atoms. The zero-order valence-corrected chi connectivity index (χ0v) is 17.1. The van der Waals surface area contributed by atoms with E-state index in [0.29, 0.717) is 24.5 Å². The van der Waals surface area contributed by atoms with E-state index < -0.39 is 17.6 Å². The molecule has 0 unspecified atom stereocenters. The van der Waals surface area contributed by atoms with Crippen molar-refractivity contribution < 1.29 is 17.6 Å². The van der Waals surface area contributed by atoms with E-state index in [9.17, 15) is 17.6 Å². The van der Waals surface area contributed by atoms with E-state index in [1.807, 2.05) is 25.1 Å². The van der Waals surface area contributed by atoms with Crippen LogP contribution in [0, 0.1) is 11.7 Å². The van der Waals surface area contributed by atoms with Gasteiger partial charge < -0.3 is 15.5 Å². The first-order chi connectivity index (χ1) is 14.2. The summed E-state index contributed by atoms with van der Waals surface area (Å²) in [5.74, 6) is 1.24. The molecule has 1 aromatic heterocycles. The molecule has 1 aliphatic carbocycles. The van der Waals surface area contributed by atoms with E-state index in [1.165, 1.54) is 0 Å². The van der Waals surface area contributed by atoms with Crippen LogP contribution < -0.4 is 15.5 Å². The molecular formula is C21H27F4N5. The number of benzene rings is 1. The molecule has 0 saturated heterocycles. The van der Waals surface area contributed by atoms with E-state index >= 15 is 0 Å². The van der Waals surface area contributed by atoms with Gasteiger partial charge in [-0.15, -0.1) is 0 Å². The number of aromatic nitrogens is 2. The van der Waals surface area contributed by atoms with Crippen LogP contribution in [0.5, 0.6) is 0 Å². The van der Waals surface area contributed by atoms with Gasteiger partial charge in [-0.1, -0.05) is 0 Å². The van der Waals surface area contributed by atoms with Crippen molar-refractivity contribution in [3.8, 4) is 0 Å². The topological polar surface area (TPSA) is 53.1 Å². The maximum Gasteiger partial charge on any atom is 0.416 e. The summed E-state index contributed by atoms with van der Waals surface area (Å²) in [7, 11) is 3.85. The summed E-state index contributed by atoms with van der Waals surface area (Å²) in [5.41, 5.74) is -0.786. The average molecular weight is 425 g/mol. The molecule has 2 aromatic rings. The highest BCUT2D eigenvalue weighted by molar-refractivity contribution is 5.41. The predicted octanol–water partition coefficient (Wildman–Crippen LogP) is 4.46. The lowest BCUT2D eigenvalue weighted by atomic mass is 9.86. The molecule has 2 N–H and O–H groups in total. The fourth-order valence-electron chi connectivity index (χ4n) is 3.66. The molecule has 0 aliphatic heterocycles. The Kier molecular flexibility index (Phi) is 7.12. The molecule has 164 valence electrons. The molecule has 1 saturated carbocycles. The van der Waals surface area contributed by atoms with E-state index in [2.05, 4.69) is 20.6 Å². The fourth-order valence-corrected chi connectivity index (χ4v) is 3.66. The number of alkyl halides is 3. The molecular weight excluding hydrogens is 398 g/mol. The first-order valence-electron chi connectivity index (χ1n) is 10.1. The average Bonchev–Trinajstić information content (AvgIpc) is 2.70. The fraction of sp³-hybridized carbons (Fsp3) is 0.524. The summed E-state index contributed by atoms with van der Waals surface area (Å²) in [6.45, 7) is 0.730. The SMILES string of the molecule is CN(C)c1ccnc(N[C@H]2CC[C@@H](CNCc3cc(C(F)(F)F)ccc3F)CC2)n1. The molecule has 9 heteroatoms. The van der Waals surface area contributed by atoms with Crippen LogP contribution in [0.3, 0.4) is 0 Å². The standard InChI is InChI=1S/C21H27F4N5/c1-30(2)19-9-10-27-20(29-19)28-17-6-3-14(4-7-17)12-26-13-15-11-16(21(23,24)25)5-8-18(15)22/h5,8-11,14,17,26H,3-4,6-7,12-13H2,1-2H3,(H,27,28,29)/t14-,17+. The number of nitrogens with zero attached hydrogens (tertiary/aromatic N) is 3. The van der Waals surface area contributed by atoms with E-state index in [1.54, 1.807) is 6.20 Å². The van der Waals surface area contributed by atoms with Crippen molar-refractivity contribution in [2.45, 2.75) is 44.4 Å². The van der Waals surface area contributed by atoms with Crippen molar-refractivity contribution in [1.82, 2.24) is 15.3 Å². The van der Waals surface area contributed by atoms with Gasteiger partial charge in [0, 0.05) is 38.4 Å². The Labute approximate surface area is 173 Å². The third-order valence-electron chi connectivity index (χ3n) is 5.40. The molecule has 0 radical (unpaired) electrons. The predicted molar refractivity (Wildman–Crippen MR) is 109 cm³/mol. The van der Waals surface area contributed by atoms with Crippen molar-refractivity contribution in [3.63, 3.8) is 0 Å². The van der Waals surface area contributed by atoms with Gasteiger partial charge in [0.15, 0.2) is 0 Å². The molecule has 1 aromatic carbocycles. The van der Waals surface area contributed by atoms with Gasteiger partial charge in [-0.2, -0.15) is 18.2 Å². The first-order valence-corrected chi connectivity index (χ1v) is 10.1. The maximum atomic E-state index is 13.8. The van der Waals surface area contributed by atoms with Crippen molar-refractivity contribution in [2.24, 2.45) is 5.92 Å². The number of hydrogen-bond acceptors (Lipinski definition) is 5. The number of hydrogen-bond donors (Lipinski definition) is 2. The van der Waals surface area contributed by atoms with Crippen LogP contribution in [0.2, 0.25) is 0 Å². The van der Waals surface area contributed by atoms with Gasteiger partial charge in [0.25, 0.3) is 0 Å². The van der Waals surface area contributed by atoms with Gasteiger partial charge in [-0.05, 0) is 62.4 Å². The molecule has 0 atom stereocenters. The van der Waals surface area contributed by atoms with E-state index in [4.69, 9.17) is 0 Å². The Morgan fingerprint density at radius 3 is 2.50 bits per heavy atom. The van der Waals surface area contributed by atoms with Gasteiger partial charge in [0.1, 0.15) is 11.6 Å². The van der Waals surface area contributed by atoms with Gasteiger partial charge in [0.05, 0.1) is 5.56 Å². The second-order valence-electron chi connectivity index (χ2n) is 7.93. The molecule has 5 nitrogen and oxygen atoms in total. The summed E-state index contributed by atoms with van der Waals surface area (Å²) in [6.07, 6.45) is 1.13. The number of halogens is 4. The Bertz CT molecular complexity index is 832. The first kappa shape index (κ1) is 22.3. The third kappa shape index (κ3) is 6.04. The van der Waals surface area contributed by atoms with E-state index in [0.717, 1.165) is 49.7 Å². The van der Waals surface area contributed by atoms with E-state index in [-0.39, 0.29) is 12.1 Å². The number of rotatable bonds is 7. The molecule has 0 spiro atoms. The monoisotopic (exact) mass is 425 g/mol. The number of anilines is 2. The van der Waals surface area contributed by atoms with Crippen LogP contribution in [-0.2, 0) is 12.7 Å². The van der Waals surface area contributed by atoms with Gasteiger partial charge in [0.2, 0.25) is 5.95 Å². The molecule has 1 aliphatic rings. The minimum absolute atomic E-state index is 0.0399. The molecule has 1 heterocycles.